The van der Waals surface area contributed by atoms with Crippen molar-refractivity contribution < 1.29 is 28.3 Å². The lowest BCUT2D eigenvalue weighted by molar-refractivity contribution is -0.176. The topological polar surface area (TPSA) is 72.9 Å². The van der Waals surface area contributed by atoms with Crippen LogP contribution in [-0.4, -0.2) is 29.0 Å². The van der Waals surface area contributed by atoms with Crippen LogP contribution in [0.2, 0.25) is 0 Å². The summed E-state index contributed by atoms with van der Waals surface area (Å²) in [5.41, 5.74) is 0.322. The highest BCUT2D eigenvalue weighted by molar-refractivity contribution is 6.20. The van der Waals surface area contributed by atoms with E-state index in [1.165, 1.54) is 37.3 Å². The third-order valence-corrected chi connectivity index (χ3v) is 3.38. The van der Waals surface area contributed by atoms with Gasteiger partial charge < -0.3 is 9.57 Å². The number of hydrogen-bond acceptors (Lipinski definition) is 5. The van der Waals surface area contributed by atoms with E-state index in [1.54, 1.807) is 12.1 Å². The minimum atomic E-state index is -1.14. The van der Waals surface area contributed by atoms with Gasteiger partial charge in [-0.05, 0) is 31.2 Å². The molecule has 0 N–H and O–H groups in total. The second-order valence-corrected chi connectivity index (χ2v) is 5.08. The van der Waals surface area contributed by atoms with Gasteiger partial charge in [0.2, 0.25) is 0 Å². The third kappa shape index (κ3) is 2.83. The number of carbonyl (C=O) groups is 3. The SMILES string of the molecule is CC(Oc1cccc(F)c1)C(=O)ON1C(=O)c2ccccc2C1=O. The molecule has 122 valence electrons. The van der Waals surface area contributed by atoms with Gasteiger partial charge in [0.25, 0.3) is 11.8 Å². The quantitative estimate of drug-likeness (QED) is 0.805. The number of halogens is 1. The van der Waals surface area contributed by atoms with Crippen LogP contribution in [0.25, 0.3) is 0 Å². The van der Waals surface area contributed by atoms with Crippen LogP contribution in [0.5, 0.6) is 5.75 Å². The third-order valence-electron chi connectivity index (χ3n) is 3.38. The first-order valence-corrected chi connectivity index (χ1v) is 7.09. The Morgan fingerprint density at radius 3 is 2.25 bits per heavy atom. The zero-order chi connectivity index (χ0) is 17.3. The monoisotopic (exact) mass is 329 g/mol. The van der Waals surface area contributed by atoms with E-state index < -0.39 is 29.7 Å². The number of hydroxylamine groups is 2. The minimum absolute atomic E-state index is 0.127. The maximum atomic E-state index is 13.1. The molecule has 1 atom stereocenters. The molecule has 2 aromatic rings. The highest BCUT2D eigenvalue weighted by Crippen LogP contribution is 2.23. The maximum absolute atomic E-state index is 13.1. The van der Waals surface area contributed by atoms with Crippen molar-refractivity contribution >= 4 is 17.8 Å². The molecule has 0 bridgehead atoms. The van der Waals surface area contributed by atoms with E-state index in [2.05, 4.69) is 0 Å². The Morgan fingerprint density at radius 1 is 1.04 bits per heavy atom. The van der Waals surface area contributed by atoms with Gasteiger partial charge in [0.05, 0.1) is 11.1 Å². The van der Waals surface area contributed by atoms with Gasteiger partial charge >= 0.3 is 5.97 Å². The Morgan fingerprint density at radius 2 is 1.67 bits per heavy atom. The Bertz CT molecular complexity index is 800. The fraction of sp³-hybridized carbons (Fsp3) is 0.118. The molecule has 0 aromatic heterocycles. The van der Waals surface area contributed by atoms with Gasteiger partial charge in [-0.2, -0.15) is 0 Å². The second kappa shape index (κ2) is 6.11. The first-order chi connectivity index (χ1) is 11.5. The number of ether oxygens (including phenoxy) is 1. The summed E-state index contributed by atoms with van der Waals surface area (Å²) in [5.74, 6) is -2.78. The first kappa shape index (κ1) is 15.7. The summed E-state index contributed by atoms with van der Waals surface area (Å²) in [4.78, 5) is 41.1. The van der Waals surface area contributed by atoms with Crippen molar-refractivity contribution in [2.24, 2.45) is 0 Å². The molecule has 0 aliphatic carbocycles. The van der Waals surface area contributed by atoms with Crippen molar-refractivity contribution in [2.45, 2.75) is 13.0 Å². The van der Waals surface area contributed by atoms with Crippen molar-refractivity contribution in [1.29, 1.82) is 0 Å². The molecule has 2 amide bonds. The van der Waals surface area contributed by atoms with Gasteiger partial charge in [-0.3, -0.25) is 9.59 Å². The summed E-state index contributed by atoms with van der Waals surface area (Å²) < 4.78 is 18.4. The van der Waals surface area contributed by atoms with E-state index in [0.29, 0.717) is 5.06 Å². The Hall–Kier alpha value is -3.22. The van der Waals surface area contributed by atoms with Gasteiger partial charge in [-0.1, -0.05) is 23.3 Å². The highest BCUT2D eigenvalue weighted by atomic mass is 19.1. The highest BCUT2D eigenvalue weighted by Gasteiger charge is 2.39. The summed E-state index contributed by atoms with van der Waals surface area (Å²) in [5, 5.41) is 0.401. The zero-order valence-corrected chi connectivity index (χ0v) is 12.6. The van der Waals surface area contributed by atoms with Crippen molar-refractivity contribution in [1.82, 2.24) is 5.06 Å². The van der Waals surface area contributed by atoms with E-state index in [0.717, 1.165) is 6.07 Å². The molecule has 0 saturated heterocycles. The standard InChI is InChI=1S/C17H12FNO5/c1-10(23-12-6-4-5-11(18)9-12)17(22)24-19-15(20)13-7-2-3-8-14(13)16(19)21/h2-10H,1H3. The molecule has 1 heterocycles. The van der Waals surface area contributed by atoms with E-state index in [9.17, 15) is 18.8 Å². The number of imide groups is 1. The summed E-state index contributed by atoms with van der Waals surface area (Å²) in [6.45, 7) is 1.37. The largest absolute Gasteiger partial charge is 0.479 e. The lowest BCUT2D eigenvalue weighted by Gasteiger charge is -2.17. The number of carbonyl (C=O) groups excluding carboxylic acids is 3. The van der Waals surface area contributed by atoms with Crippen LogP contribution in [0.3, 0.4) is 0 Å². The smallest absolute Gasteiger partial charge is 0.373 e. The molecule has 1 unspecified atom stereocenters. The maximum Gasteiger partial charge on any atom is 0.373 e. The number of benzene rings is 2. The van der Waals surface area contributed by atoms with Crippen molar-refractivity contribution in [3.05, 3.63) is 65.5 Å². The lowest BCUT2D eigenvalue weighted by atomic mass is 10.1. The van der Waals surface area contributed by atoms with Gasteiger partial charge in [0, 0.05) is 6.07 Å². The Labute approximate surface area is 136 Å². The van der Waals surface area contributed by atoms with Gasteiger partial charge in [0.15, 0.2) is 6.10 Å². The van der Waals surface area contributed by atoms with E-state index >= 15 is 0 Å². The fourth-order valence-electron chi connectivity index (χ4n) is 2.21. The molecule has 0 spiro atoms. The predicted molar refractivity (Wildman–Crippen MR) is 79.5 cm³/mol. The van der Waals surface area contributed by atoms with E-state index in [1.807, 2.05) is 0 Å². The summed E-state index contributed by atoms with van der Waals surface area (Å²) >= 11 is 0. The summed E-state index contributed by atoms with van der Waals surface area (Å²) in [6, 6.07) is 11.4. The number of hydrogen-bond donors (Lipinski definition) is 0. The molecule has 0 radical (unpaired) electrons. The Kier molecular flexibility index (Phi) is 3.99. The van der Waals surface area contributed by atoms with Crippen LogP contribution in [0.15, 0.2) is 48.5 Å². The molecule has 0 fully saturated rings. The molecular formula is C17H12FNO5. The number of nitrogens with zero attached hydrogens (tertiary/aromatic N) is 1. The van der Waals surface area contributed by atoms with Crippen LogP contribution in [-0.2, 0) is 9.63 Å². The average Bonchev–Trinajstić information content (AvgIpc) is 2.80. The van der Waals surface area contributed by atoms with Crippen LogP contribution >= 0.6 is 0 Å². The Balaban J connectivity index is 1.69. The molecule has 6 nitrogen and oxygen atoms in total. The molecule has 0 saturated carbocycles. The van der Waals surface area contributed by atoms with Crippen LogP contribution < -0.4 is 4.74 Å². The summed E-state index contributed by atoms with van der Waals surface area (Å²) in [6.07, 6.45) is -1.14. The van der Waals surface area contributed by atoms with Crippen molar-refractivity contribution in [3.8, 4) is 5.75 Å². The summed E-state index contributed by atoms with van der Waals surface area (Å²) in [7, 11) is 0. The molecule has 1 aliphatic rings. The first-order valence-electron chi connectivity index (χ1n) is 7.09. The molecular weight excluding hydrogens is 317 g/mol. The van der Waals surface area contributed by atoms with Gasteiger partial charge in [0.1, 0.15) is 11.6 Å². The molecule has 24 heavy (non-hydrogen) atoms. The molecule has 2 aromatic carbocycles. The lowest BCUT2D eigenvalue weighted by Crippen LogP contribution is -2.37. The molecule has 1 aliphatic heterocycles. The predicted octanol–water partition coefficient (Wildman–Crippen LogP) is 2.35. The zero-order valence-electron chi connectivity index (χ0n) is 12.6. The fourth-order valence-corrected chi connectivity index (χ4v) is 2.21. The van der Waals surface area contributed by atoms with Crippen LogP contribution in [0.4, 0.5) is 4.39 Å². The normalized spacial score (nSPS) is 14.3. The molecule has 3 rings (SSSR count). The number of amides is 2. The average molecular weight is 329 g/mol. The van der Waals surface area contributed by atoms with E-state index in [4.69, 9.17) is 9.57 Å². The van der Waals surface area contributed by atoms with Crippen molar-refractivity contribution in [2.75, 3.05) is 0 Å². The number of fused-ring (bicyclic) bond motifs is 1. The number of rotatable bonds is 4. The minimum Gasteiger partial charge on any atom is -0.479 e. The second-order valence-electron chi connectivity index (χ2n) is 5.08. The van der Waals surface area contributed by atoms with Crippen molar-refractivity contribution in [3.63, 3.8) is 0 Å². The van der Waals surface area contributed by atoms with Gasteiger partial charge in [-0.25, -0.2) is 9.18 Å². The van der Waals surface area contributed by atoms with Gasteiger partial charge in [-0.15, -0.1) is 0 Å². The molecule has 7 heteroatoms. The van der Waals surface area contributed by atoms with E-state index in [-0.39, 0.29) is 16.9 Å². The van der Waals surface area contributed by atoms with Crippen LogP contribution in [0, 0.1) is 5.82 Å². The van der Waals surface area contributed by atoms with Crippen LogP contribution in [0.1, 0.15) is 27.6 Å².